The van der Waals surface area contributed by atoms with Crippen molar-refractivity contribution in [2.45, 2.75) is 58.1 Å². The molecular formula is C13H26BrNO3S. The van der Waals surface area contributed by atoms with E-state index in [2.05, 4.69) is 27.6 Å². The normalized spacial score (nSPS) is 28.8. The lowest BCUT2D eigenvalue weighted by Crippen LogP contribution is -2.52. The van der Waals surface area contributed by atoms with Crippen LogP contribution in [0.1, 0.15) is 46.5 Å². The fraction of sp³-hybridized carbons (Fsp3) is 1.00. The first kappa shape index (κ1) is 17.4. The smallest absolute Gasteiger partial charge is 0.214 e. The maximum Gasteiger partial charge on any atom is 0.214 e. The minimum absolute atomic E-state index is 0.0372. The second kappa shape index (κ2) is 7.38. The second-order valence-electron chi connectivity index (χ2n) is 5.94. The van der Waals surface area contributed by atoms with Crippen LogP contribution in [0.15, 0.2) is 0 Å². The van der Waals surface area contributed by atoms with Gasteiger partial charge in [-0.25, -0.2) is 13.1 Å². The highest BCUT2D eigenvalue weighted by Gasteiger charge is 2.36. The summed E-state index contributed by atoms with van der Waals surface area (Å²) in [5, 5.41) is 0.678. The molecule has 0 aromatic carbocycles. The van der Waals surface area contributed by atoms with Gasteiger partial charge in [0, 0.05) is 10.9 Å². The Balaban J connectivity index is 2.54. The topological polar surface area (TPSA) is 55.4 Å². The zero-order valence-corrected chi connectivity index (χ0v) is 14.5. The van der Waals surface area contributed by atoms with E-state index >= 15 is 0 Å². The minimum Gasteiger partial charge on any atom is -0.378 e. The molecule has 0 unspecified atom stereocenters. The Morgan fingerprint density at radius 2 is 1.95 bits per heavy atom. The summed E-state index contributed by atoms with van der Waals surface area (Å²) in [6.07, 6.45) is 4.04. The highest BCUT2D eigenvalue weighted by atomic mass is 79.9. The highest BCUT2D eigenvalue weighted by Crippen LogP contribution is 2.33. The predicted molar refractivity (Wildman–Crippen MR) is 82.2 cm³/mol. The van der Waals surface area contributed by atoms with Gasteiger partial charge in [0.25, 0.3) is 0 Å². The SMILES string of the molecule is CC1CCC(CBr)(NS(=O)(=O)CCOC(C)C)CC1. The molecule has 114 valence electrons. The largest absolute Gasteiger partial charge is 0.378 e. The molecule has 0 aromatic heterocycles. The molecule has 0 heterocycles. The van der Waals surface area contributed by atoms with Crippen molar-refractivity contribution < 1.29 is 13.2 Å². The number of rotatable bonds is 7. The van der Waals surface area contributed by atoms with Crippen LogP contribution in [0.2, 0.25) is 0 Å². The number of halogens is 1. The van der Waals surface area contributed by atoms with Crippen molar-refractivity contribution in [3.05, 3.63) is 0 Å². The Labute approximate surface area is 125 Å². The van der Waals surface area contributed by atoms with Gasteiger partial charge in [0.2, 0.25) is 10.0 Å². The maximum absolute atomic E-state index is 12.1. The Kier molecular flexibility index (Phi) is 6.76. The zero-order valence-electron chi connectivity index (χ0n) is 12.1. The predicted octanol–water partition coefficient (Wildman–Crippen LogP) is 2.67. The van der Waals surface area contributed by atoms with Crippen LogP contribution < -0.4 is 4.72 Å². The third kappa shape index (κ3) is 6.10. The summed E-state index contributed by atoms with van der Waals surface area (Å²) in [7, 11) is -3.27. The van der Waals surface area contributed by atoms with E-state index in [1.54, 1.807) is 0 Å². The zero-order chi connectivity index (χ0) is 14.5. The number of sulfonamides is 1. The van der Waals surface area contributed by atoms with E-state index in [0.717, 1.165) is 25.7 Å². The van der Waals surface area contributed by atoms with E-state index in [0.29, 0.717) is 11.2 Å². The van der Waals surface area contributed by atoms with Crippen molar-refractivity contribution in [3.63, 3.8) is 0 Å². The minimum atomic E-state index is -3.27. The summed E-state index contributed by atoms with van der Waals surface area (Å²) in [6.45, 7) is 6.29. The molecule has 0 saturated heterocycles. The van der Waals surface area contributed by atoms with Gasteiger partial charge in [-0.05, 0) is 45.4 Å². The summed E-state index contributed by atoms with van der Waals surface area (Å²) < 4.78 is 32.4. The Hall–Kier alpha value is 0.350. The third-order valence-corrected chi connectivity index (χ3v) is 6.18. The highest BCUT2D eigenvalue weighted by molar-refractivity contribution is 9.09. The summed E-state index contributed by atoms with van der Waals surface area (Å²) in [4.78, 5) is 0. The number of hydrogen-bond donors (Lipinski definition) is 1. The Morgan fingerprint density at radius 1 is 1.37 bits per heavy atom. The second-order valence-corrected chi connectivity index (χ2v) is 8.34. The number of hydrogen-bond acceptors (Lipinski definition) is 3. The van der Waals surface area contributed by atoms with Gasteiger partial charge >= 0.3 is 0 Å². The van der Waals surface area contributed by atoms with E-state index in [1.165, 1.54) is 0 Å². The van der Waals surface area contributed by atoms with E-state index in [4.69, 9.17) is 4.74 Å². The number of ether oxygens (including phenoxy) is 1. The summed E-state index contributed by atoms with van der Waals surface area (Å²) in [6, 6.07) is 0. The molecule has 1 aliphatic rings. The molecule has 0 bridgehead atoms. The first-order chi connectivity index (χ1) is 8.79. The Morgan fingerprint density at radius 3 is 2.42 bits per heavy atom. The van der Waals surface area contributed by atoms with Crippen LogP contribution in [0, 0.1) is 5.92 Å². The van der Waals surface area contributed by atoms with E-state index < -0.39 is 10.0 Å². The molecule has 0 atom stereocenters. The lowest BCUT2D eigenvalue weighted by Gasteiger charge is -2.38. The fourth-order valence-corrected chi connectivity index (χ4v) is 4.59. The van der Waals surface area contributed by atoms with E-state index in [1.807, 2.05) is 13.8 Å². The quantitative estimate of drug-likeness (QED) is 0.714. The van der Waals surface area contributed by atoms with Crippen LogP contribution >= 0.6 is 15.9 Å². The average molecular weight is 356 g/mol. The molecule has 19 heavy (non-hydrogen) atoms. The lowest BCUT2D eigenvalue weighted by atomic mass is 9.79. The van der Waals surface area contributed by atoms with Crippen molar-refractivity contribution >= 4 is 26.0 Å². The summed E-state index contributed by atoms with van der Waals surface area (Å²) in [5.41, 5.74) is -0.302. The van der Waals surface area contributed by atoms with Crippen LogP contribution in [0.3, 0.4) is 0 Å². The third-order valence-electron chi connectivity index (χ3n) is 3.66. The molecule has 6 heteroatoms. The molecule has 1 saturated carbocycles. The Bertz CT molecular complexity index is 362. The van der Waals surface area contributed by atoms with Gasteiger partial charge in [-0.1, -0.05) is 22.9 Å². The molecule has 1 aliphatic carbocycles. The molecule has 4 nitrogen and oxygen atoms in total. The van der Waals surface area contributed by atoms with Gasteiger partial charge in [0.1, 0.15) is 0 Å². The van der Waals surface area contributed by atoms with Crippen LogP contribution in [0.4, 0.5) is 0 Å². The molecule has 0 aliphatic heterocycles. The van der Waals surface area contributed by atoms with Gasteiger partial charge < -0.3 is 4.74 Å². The monoisotopic (exact) mass is 355 g/mol. The van der Waals surface area contributed by atoms with Gasteiger partial charge in [-0.3, -0.25) is 0 Å². The standard InChI is InChI=1S/C13H26BrNO3S/c1-11(2)18-8-9-19(16,17)15-13(10-14)6-4-12(3)5-7-13/h11-12,15H,4-10H2,1-3H3. The van der Waals surface area contributed by atoms with Crippen LogP contribution in [-0.2, 0) is 14.8 Å². The van der Waals surface area contributed by atoms with Gasteiger partial charge in [0.05, 0.1) is 18.5 Å². The molecule has 1 rings (SSSR count). The van der Waals surface area contributed by atoms with Crippen LogP contribution in [-0.4, -0.2) is 37.8 Å². The number of alkyl halides is 1. The van der Waals surface area contributed by atoms with E-state index in [-0.39, 0.29) is 24.0 Å². The first-order valence-electron chi connectivity index (χ1n) is 6.98. The van der Waals surface area contributed by atoms with Gasteiger partial charge in [-0.15, -0.1) is 0 Å². The van der Waals surface area contributed by atoms with Gasteiger partial charge in [0.15, 0.2) is 0 Å². The van der Waals surface area contributed by atoms with Crippen molar-refractivity contribution in [1.82, 2.24) is 4.72 Å². The molecule has 0 radical (unpaired) electrons. The lowest BCUT2D eigenvalue weighted by molar-refractivity contribution is 0.0910. The van der Waals surface area contributed by atoms with Crippen molar-refractivity contribution in [1.29, 1.82) is 0 Å². The van der Waals surface area contributed by atoms with Gasteiger partial charge in [-0.2, -0.15) is 0 Å². The van der Waals surface area contributed by atoms with Crippen molar-refractivity contribution in [2.24, 2.45) is 5.92 Å². The van der Waals surface area contributed by atoms with Crippen LogP contribution in [0.25, 0.3) is 0 Å². The molecular weight excluding hydrogens is 330 g/mol. The molecule has 0 spiro atoms. The number of nitrogens with one attached hydrogen (secondary N) is 1. The molecule has 1 N–H and O–H groups in total. The molecule has 1 fully saturated rings. The fourth-order valence-electron chi connectivity index (χ4n) is 2.35. The van der Waals surface area contributed by atoms with Crippen LogP contribution in [0.5, 0.6) is 0 Å². The van der Waals surface area contributed by atoms with Crippen molar-refractivity contribution in [3.8, 4) is 0 Å². The maximum atomic E-state index is 12.1. The first-order valence-corrected chi connectivity index (χ1v) is 9.75. The summed E-state index contributed by atoms with van der Waals surface area (Å²) in [5.74, 6) is 0.733. The van der Waals surface area contributed by atoms with E-state index in [9.17, 15) is 8.42 Å². The molecule has 0 aromatic rings. The van der Waals surface area contributed by atoms with Crippen molar-refractivity contribution in [2.75, 3.05) is 17.7 Å². The molecule has 0 amide bonds. The average Bonchev–Trinajstić information content (AvgIpc) is 2.31. The summed E-state index contributed by atoms with van der Waals surface area (Å²) >= 11 is 3.47.